The molecule has 7 heteroatoms. The van der Waals surface area contributed by atoms with Gasteiger partial charge in [-0.3, -0.25) is 9.78 Å². The van der Waals surface area contributed by atoms with Crippen molar-refractivity contribution >= 4 is 34.1 Å². The molecule has 0 aliphatic carbocycles. The van der Waals surface area contributed by atoms with Gasteiger partial charge in [0.2, 0.25) is 0 Å². The molecule has 1 aromatic heterocycles. The van der Waals surface area contributed by atoms with E-state index in [0.29, 0.717) is 38.9 Å². The van der Waals surface area contributed by atoms with E-state index in [0.717, 1.165) is 22.0 Å². The first-order chi connectivity index (χ1) is 18.2. The number of phenols is 1. The Morgan fingerprint density at radius 3 is 2.05 bits per heavy atom. The Kier molecular flexibility index (Phi) is 7.55. The smallest absolute Gasteiger partial charge is 0.255 e. The quantitative estimate of drug-likeness (QED) is 0.264. The fraction of sp³-hybridized carbons (Fsp3) is 0.312. The molecule has 1 amide bonds. The van der Waals surface area contributed by atoms with E-state index in [2.05, 4.69) is 10.3 Å². The molecule has 4 aromatic rings. The van der Waals surface area contributed by atoms with Crippen LogP contribution in [-0.2, 0) is 10.8 Å². The molecule has 2 N–H and O–H groups in total. The predicted molar refractivity (Wildman–Crippen MR) is 159 cm³/mol. The van der Waals surface area contributed by atoms with Gasteiger partial charge in [0.15, 0.2) is 11.5 Å². The van der Waals surface area contributed by atoms with Crippen LogP contribution < -0.4 is 14.8 Å². The van der Waals surface area contributed by atoms with E-state index in [1.165, 1.54) is 0 Å². The van der Waals surface area contributed by atoms with E-state index >= 15 is 0 Å². The largest absolute Gasteiger partial charge is 0.507 e. The number of aromatic nitrogens is 1. The van der Waals surface area contributed by atoms with Crippen molar-refractivity contribution in [3.05, 3.63) is 76.4 Å². The van der Waals surface area contributed by atoms with Crippen molar-refractivity contribution < 1.29 is 19.4 Å². The normalized spacial score (nSPS) is 11.9. The van der Waals surface area contributed by atoms with E-state index in [9.17, 15) is 9.90 Å². The lowest BCUT2D eigenvalue weighted by atomic mass is 9.78. The third-order valence-corrected chi connectivity index (χ3v) is 6.97. The Morgan fingerprint density at radius 2 is 1.49 bits per heavy atom. The highest BCUT2D eigenvalue weighted by atomic mass is 35.5. The molecule has 1 heterocycles. The lowest BCUT2D eigenvalue weighted by Gasteiger charge is -2.28. The molecule has 0 saturated heterocycles. The van der Waals surface area contributed by atoms with E-state index in [4.69, 9.17) is 21.1 Å². The molecular weight excluding hydrogens is 512 g/mol. The van der Waals surface area contributed by atoms with E-state index < -0.39 is 0 Å². The Balaban J connectivity index is 1.90. The second-order valence-corrected chi connectivity index (χ2v) is 12.1. The third kappa shape index (κ3) is 5.66. The number of anilines is 1. The van der Waals surface area contributed by atoms with Gasteiger partial charge in [-0.15, -0.1) is 0 Å². The summed E-state index contributed by atoms with van der Waals surface area (Å²) in [5, 5.41) is 15.5. The monoisotopic (exact) mass is 546 g/mol. The number of nitrogens with zero attached hydrogens (tertiary/aromatic N) is 1. The van der Waals surface area contributed by atoms with Gasteiger partial charge in [-0.05, 0) is 58.9 Å². The average molecular weight is 547 g/mol. The first-order valence-electron chi connectivity index (χ1n) is 12.7. The van der Waals surface area contributed by atoms with Gasteiger partial charge in [-0.2, -0.15) is 0 Å². The summed E-state index contributed by atoms with van der Waals surface area (Å²) in [7, 11) is 3.16. The summed E-state index contributed by atoms with van der Waals surface area (Å²) in [6.45, 7) is 12.1. The fourth-order valence-corrected chi connectivity index (χ4v) is 4.84. The van der Waals surface area contributed by atoms with Gasteiger partial charge in [0.1, 0.15) is 5.75 Å². The summed E-state index contributed by atoms with van der Waals surface area (Å²) < 4.78 is 11.0. The number of carbonyl (C=O) groups excluding carboxylic acids is 1. The van der Waals surface area contributed by atoms with E-state index in [1.807, 2.05) is 71.9 Å². The number of fused-ring (bicyclic) bond motifs is 1. The van der Waals surface area contributed by atoms with Crippen LogP contribution in [0.4, 0.5) is 5.69 Å². The van der Waals surface area contributed by atoms with Crippen molar-refractivity contribution in [2.75, 3.05) is 19.5 Å². The maximum absolute atomic E-state index is 13.8. The summed E-state index contributed by atoms with van der Waals surface area (Å²) in [4.78, 5) is 18.4. The number of halogens is 1. The fourth-order valence-electron chi connectivity index (χ4n) is 4.67. The summed E-state index contributed by atoms with van der Waals surface area (Å²) >= 11 is 6.39. The number of hydrogen-bond acceptors (Lipinski definition) is 5. The van der Waals surface area contributed by atoms with Gasteiger partial charge in [0.25, 0.3) is 5.91 Å². The molecule has 6 nitrogen and oxygen atoms in total. The molecule has 0 spiro atoms. The highest BCUT2D eigenvalue weighted by Gasteiger charge is 2.28. The number of amides is 1. The zero-order valence-corrected chi connectivity index (χ0v) is 24.4. The first kappa shape index (κ1) is 28.2. The molecule has 0 aliphatic heterocycles. The van der Waals surface area contributed by atoms with Gasteiger partial charge >= 0.3 is 0 Å². The van der Waals surface area contributed by atoms with Crippen LogP contribution in [0.2, 0.25) is 5.02 Å². The van der Waals surface area contributed by atoms with Gasteiger partial charge < -0.3 is 19.9 Å². The summed E-state index contributed by atoms with van der Waals surface area (Å²) in [5.41, 5.74) is 3.94. The number of phenolic OH excluding ortho intramolecular Hbond substituents is 1. The molecule has 3 aromatic carbocycles. The molecule has 0 fully saturated rings. The second kappa shape index (κ2) is 10.4. The third-order valence-electron chi connectivity index (χ3n) is 6.74. The maximum Gasteiger partial charge on any atom is 0.255 e. The van der Waals surface area contributed by atoms with Crippen molar-refractivity contribution in [3.63, 3.8) is 0 Å². The number of hydrogen-bond donors (Lipinski definition) is 2. The number of carbonyl (C=O) groups is 1. The molecule has 4 rings (SSSR count). The van der Waals surface area contributed by atoms with Gasteiger partial charge in [-0.1, -0.05) is 59.2 Å². The molecule has 204 valence electrons. The number of nitrogens with one attached hydrogen (secondary N) is 1. The van der Waals surface area contributed by atoms with Gasteiger partial charge in [0.05, 0.1) is 31.6 Å². The standard InChI is InChI=1S/C32H35ClN2O4/c1-31(2,3)22-13-19(14-23(29(22)36)32(4,5)6)30(37)35-25-17-34-24-11-10-20(33)16-21(24)28(25)18-9-12-26(38-7)27(15-18)39-8/h9-17,36H,1-8H3,(H,35,37). The average Bonchev–Trinajstić information content (AvgIpc) is 2.86. The number of methoxy groups -OCH3 is 2. The van der Waals surface area contributed by atoms with Crippen LogP contribution in [0.1, 0.15) is 63.0 Å². The van der Waals surface area contributed by atoms with Crippen LogP contribution in [0.15, 0.2) is 54.7 Å². The summed E-state index contributed by atoms with van der Waals surface area (Å²) in [6.07, 6.45) is 1.65. The van der Waals surface area contributed by atoms with Crippen molar-refractivity contribution in [2.24, 2.45) is 0 Å². The number of rotatable bonds is 5. The molecule has 0 radical (unpaired) electrons. The maximum atomic E-state index is 13.8. The lowest BCUT2D eigenvalue weighted by molar-refractivity contribution is 0.102. The van der Waals surface area contributed by atoms with Crippen molar-refractivity contribution in [2.45, 2.75) is 52.4 Å². The van der Waals surface area contributed by atoms with E-state index in [-0.39, 0.29) is 22.5 Å². The predicted octanol–water partition coefficient (Wildman–Crippen LogP) is 8.13. The number of ether oxygens (including phenoxy) is 2. The number of benzene rings is 3. The van der Waals surface area contributed by atoms with Crippen molar-refractivity contribution in [1.29, 1.82) is 0 Å². The summed E-state index contributed by atoms with van der Waals surface area (Å²) in [6, 6.07) is 14.6. The van der Waals surface area contributed by atoms with Gasteiger partial charge in [-0.25, -0.2) is 0 Å². The minimum Gasteiger partial charge on any atom is -0.507 e. The van der Waals surface area contributed by atoms with Crippen LogP contribution in [-0.4, -0.2) is 30.2 Å². The van der Waals surface area contributed by atoms with Crippen LogP contribution in [0.3, 0.4) is 0 Å². The second-order valence-electron chi connectivity index (χ2n) is 11.7. The molecular formula is C32H35ClN2O4. The zero-order chi connectivity index (χ0) is 28.7. The molecule has 39 heavy (non-hydrogen) atoms. The van der Waals surface area contributed by atoms with Crippen LogP contribution in [0.5, 0.6) is 17.2 Å². The molecule has 0 atom stereocenters. The molecule has 0 aliphatic rings. The number of aromatic hydroxyl groups is 1. The first-order valence-corrected chi connectivity index (χ1v) is 13.1. The topological polar surface area (TPSA) is 80.7 Å². The minimum absolute atomic E-state index is 0.222. The SMILES string of the molecule is COc1ccc(-c2c(NC(=O)c3cc(C(C)(C)C)c(O)c(C(C)(C)C)c3)cnc3ccc(Cl)cc23)cc1OC. The highest BCUT2D eigenvalue weighted by Crippen LogP contribution is 2.42. The Bertz CT molecular complexity index is 1530. The van der Waals surface area contributed by atoms with Crippen LogP contribution in [0.25, 0.3) is 22.0 Å². The highest BCUT2D eigenvalue weighted by molar-refractivity contribution is 6.31. The Labute approximate surface area is 234 Å². The lowest BCUT2D eigenvalue weighted by Crippen LogP contribution is -2.21. The molecule has 0 unspecified atom stereocenters. The number of pyridine rings is 1. The Morgan fingerprint density at radius 1 is 0.872 bits per heavy atom. The Hall–Kier alpha value is -3.77. The zero-order valence-electron chi connectivity index (χ0n) is 23.7. The minimum atomic E-state index is -0.369. The molecule has 0 bridgehead atoms. The van der Waals surface area contributed by atoms with Crippen LogP contribution in [0, 0.1) is 0 Å². The van der Waals surface area contributed by atoms with Crippen molar-refractivity contribution in [3.8, 4) is 28.4 Å². The molecule has 0 saturated carbocycles. The van der Waals surface area contributed by atoms with Crippen LogP contribution >= 0.6 is 11.6 Å². The van der Waals surface area contributed by atoms with Crippen molar-refractivity contribution in [1.82, 2.24) is 4.98 Å². The summed E-state index contributed by atoms with van der Waals surface area (Å²) in [5.74, 6) is 1.06. The van der Waals surface area contributed by atoms with E-state index in [1.54, 1.807) is 38.6 Å². The van der Waals surface area contributed by atoms with Gasteiger partial charge in [0, 0.05) is 32.7 Å².